The van der Waals surface area contributed by atoms with Crippen molar-refractivity contribution < 1.29 is 19.1 Å². The molecular formula is C7H12N2O4S2. The molecule has 0 aliphatic carbocycles. The normalized spacial score (nSPS) is 11.5. The molecule has 2 rings (SSSR count). The maximum atomic E-state index is 10.3. The monoisotopic (exact) mass is 252 g/mol. The third-order valence-electron chi connectivity index (χ3n) is 1.09. The summed E-state index contributed by atoms with van der Waals surface area (Å²) in [6.45, 7) is 3.92. The van der Waals surface area contributed by atoms with E-state index in [1.807, 2.05) is 6.92 Å². The van der Waals surface area contributed by atoms with Crippen LogP contribution in [0.15, 0.2) is 4.63 Å². The number of aromatic nitrogens is 2. The first-order valence-corrected chi connectivity index (χ1v) is 5.11. The van der Waals surface area contributed by atoms with Gasteiger partial charge in [-0.15, -0.1) is 0 Å². The number of rotatable bonds is 0. The van der Waals surface area contributed by atoms with Gasteiger partial charge in [-0.2, -0.15) is 17.8 Å². The first-order chi connectivity index (χ1) is 7.02. The minimum atomic E-state index is -0.0833. The van der Waals surface area contributed by atoms with Gasteiger partial charge in [-0.3, -0.25) is 0 Å². The van der Waals surface area contributed by atoms with Gasteiger partial charge in [0.05, 0.1) is 0 Å². The Labute approximate surface area is 97.1 Å². The van der Waals surface area contributed by atoms with Gasteiger partial charge in [-0.05, 0) is 22.9 Å². The molecule has 1 aromatic rings. The van der Waals surface area contributed by atoms with Crippen LogP contribution in [0.25, 0.3) is 0 Å². The molecular weight excluding hydrogens is 240 g/mol. The van der Waals surface area contributed by atoms with Crippen LogP contribution in [0, 0.1) is 16.8 Å². The van der Waals surface area contributed by atoms with Crippen LogP contribution in [0.3, 0.4) is 0 Å². The Morgan fingerprint density at radius 1 is 1.73 bits per heavy atom. The van der Waals surface area contributed by atoms with Crippen molar-refractivity contribution in [2.45, 2.75) is 13.8 Å². The van der Waals surface area contributed by atoms with Crippen LogP contribution < -0.4 is 4.90 Å². The van der Waals surface area contributed by atoms with Gasteiger partial charge in [0.25, 0.3) is 4.64 Å². The number of aromatic amines is 1. The Kier molecular flexibility index (Phi) is 6.80. The minimum absolute atomic E-state index is 0.0833. The number of carbonyl (C=O) groups is 1. The van der Waals surface area contributed by atoms with Crippen LogP contribution >= 0.6 is 24.8 Å². The van der Waals surface area contributed by atoms with E-state index in [2.05, 4.69) is 39.4 Å². The highest BCUT2D eigenvalue weighted by Gasteiger charge is 2.15. The summed E-state index contributed by atoms with van der Waals surface area (Å²) in [5.74, 6) is 0.861. The Balaban J connectivity index is 0.000000234. The van der Waals surface area contributed by atoms with Gasteiger partial charge in [0.15, 0.2) is 6.61 Å². The fourth-order valence-electron chi connectivity index (χ4n) is 0.338. The van der Waals surface area contributed by atoms with E-state index in [1.54, 1.807) is 6.92 Å². The molecule has 0 spiro atoms. The van der Waals surface area contributed by atoms with Crippen LogP contribution in [0.1, 0.15) is 12.6 Å². The van der Waals surface area contributed by atoms with E-state index in [1.165, 1.54) is 0 Å². The molecule has 0 atom stereocenters. The third-order valence-corrected chi connectivity index (χ3v) is 1.46. The number of ether oxygens (including phenoxy) is 1. The molecule has 0 bridgehead atoms. The first kappa shape index (κ1) is 14.0. The third kappa shape index (κ3) is 6.97. The molecule has 0 aromatic carbocycles. The zero-order valence-electron chi connectivity index (χ0n) is 8.35. The second kappa shape index (κ2) is 7.30. The van der Waals surface area contributed by atoms with Crippen molar-refractivity contribution in [2.75, 3.05) is 12.4 Å². The molecule has 15 heavy (non-hydrogen) atoms. The summed E-state index contributed by atoms with van der Waals surface area (Å²) < 4.78 is 8.64. The smallest absolute Gasteiger partial charge is 0.344 e. The van der Waals surface area contributed by atoms with E-state index in [4.69, 9.17) is 0 Å². The maximum Gasteiger partial charge on any atom is 0.344 e. The summed E-state index contributed by atoms with van der Waals surface area (Å²) >= 11 is 8.39. The molecule has 0 radical (unpaired) electrons. The predicted octanol–water partition coefficient (Wildman–Crippen LogP) is 0.758. The molecule has 2 heterocycles. The molecule has 0 amide bonds. The van der Waals surface area contributed by atoms with Crippen molar-refractivity contribution >= 4 is 30.8 Å². The van der Waals surface area contributed by atoms with Gasteiger partial charge >= 0.3 is 5.97 Å². The van der Waals surface area contributed by atoms with Gasteiger partial charge in [0, 0.05) is 6.92 Å². The Bertz CT molecular complexity index is 354. The summed E-state index contributed by atoms with van der Waals surface area (Å²) in [7, 11) is 0. The van der Waals surface area contributed by atoms with Crippen molar-refractivity contribution in [3.63, 3.8) is 0 Å². The quantitative estimate of drug-likeness (QED) is 0.308. The molecule has 0 saturated carbocycles. The molecule has 1 aliphatic heterocycles. The molecule has 1 fully saturated rings. The lowest BCUT2D eigenvalue weighted by Gasteiger charge is -1.82. The largest absolute Gasteiger partial charge is 0.451 e. The summed E-state index contributed by atoms with van der Waals surface area (Å²) in [6.07, 6.45) is 0. The number of hydrogen-bond acceptors (Lipinski definition) is 6. The molecule has 8 heteroatoms. The van der Waals surface area contributed by atoms with E-state index >= 15 is 0 Å². The Morgan fingerprint density at radius 3 is 2.20 bits per heavy atom. The number of nitrogens with zero attached hydrogens (tertiary/aromatic N) is 1. The SMILES string of the molecule is CCS.Cc1c(=S)[nH]o[n+]1[O-].O=C1CO1. The highest BCUT2D eigenvalue weighted by atomic mass is 32.1. The zero-order chi connectivity index (χ0) is 11.8. The van der Waals surface area contributed by atoms with E-state index in [9.17, 15) is 10.0 Å². The van der Waals surface area contributed by atoms with Gasteiger partial charge < -0.3 is 14.6 Å². The minimum Gasteiger partial charge on any atom is -0.451 e. The topological polar surface area (TPSA) is 85.5 Å². The molecule has 0 unspecified atom stereocenters. The van der Waals surface area contributed by atoms with Crippen molar-refractivity contribution in [3.05, 3.63) is 15.5 Å². The molecule has 1 aliphatic rings. The van der Waals surface area contributed by atoms with Gasteiger partial charge in [0.1, 0.15) is 0 Å². The summed E-state index contributed by atoms with van der Waals surface area (Å²) in [4.78, 5) is 9.67. The molecule has 1 N–H and O–H groups in total. The van der Waals surface area contributed by atoms with Gasteiger partial charge in [-0.1, -0.05) is 6.92 Å². The lowest BCUT2D eigenvalue weighted by Crippen LogP contribution is -2.25. The van der Waals surface area contributed by atoms with Crippen molar-refractivity contribution in [2.24, 2.45) is 0 Å². The fraction of sp³-hybridized carbons (Fsp3) is 0.571. The fourth-order valence-corrected chi connectivity index (χ4v) is 0.449. The number of hydrogen-bond donors (Lipinski definition) is 2. The first-order valence-electron chi connectivity index (χ1n) is 4.07. The number of H-pyrrole nitrogens is 1. The average molecular weight is 252 g/mol. The summed E-state index contributed by atoms with van der Waals surface area (Å²) in [5.41, 5.74) is 0.389. The van der Waals surface area contributed by atoms with Gasteiger partial charge in [0.2, 0.25) is 5.69 Å². The molecule has 1 aromatic heterocycles. The van der Waals surface area contributed by atoms with Crippen molar-refractivity contribution in [3.8, 4) is 0 Å². The van der Waals surface area contributed by atoms with E-state index in [-0.39, 0.29) is 5.97 Å². The Hall–Kier alpha value is -1.02. The van der Waals surface area contributed by atoms with Crippen LogP contribution in [0.4, 0.5) is 0 Å². The predicted molar refractivity (Wildman–Crippen MR) is 58.1 cm³/mol. The Morgan fingerprint density at radius 2 is 2.13 bits per heavy atom. The van der Waals surface area contributed by atoms with E-state index < -0.39 is 0 Å². The number of carbonyl (C=O) groups excluding carboxylic acids is 1. The lowest BCUT2D eigenvalue weighted by atomic mass is 10.6. The highest BCUT2D eigenvalue weighted by Crippen LogP contribution is 1.90. The average Bonchev–Trinajstić information content (AvgIpc) is 2.92. The van der Waals surface area contributed by atoms with E-state index in [0.29, 0.717) is 21.8 Å². The molecule has 6 nitrogen and oxygen atoms in total. The molecule has 86 valence electrons. The molecule has 1 saturated heterocycles. The van der Waals surface area contributed by atoms with Crippen molar-refractivity contribution in [1.82, 2.24) is 5.16 Å². The van der Waals surface area contributed by atoms with Crippen LogP contribution in [0.2, 0.25) is 0 Å². The van der Waals surface area contributed by atoms with Gasteiger partial charge in [-0.25, -0.2) is 4.79 Å². The van der Waals surface area contributed by atoms with Crippen molar-refractivity contribution in [1.29, 1.82) is 0 Å². The summed E-state index contributed by atoms with van der Waals surface area (Å²) in [5, 5.41) is 12.5. The standard InChI is InChI=1S/C3H4N2O2S.C2H2O2.C2H6S/c1-2-3(8)4-7-5(2)6;3-2-1-4-2;1-2-3/h1H3,(H,4,8);1H2;3H,2H2,1H3. The van der Waals surface area contributed by atoms with Crippen LogP contribution in [0.5, 0.6) is 0 Å². The maximum absolute atomic E-state index is 10.3. The second-order valence-corrected chi connectivity index (χ2v) is 3.38. The number of cyclic esters (lactones) is 1. The lowest BCUT2D eigenvalue weighted by molar-refractivity contribution is -0.806. The second-order valence-electron chi connectivity index (χ2n) is 2.34. The highest BCUT2D eigenvalue weighted by molar-refractivity contribution is 7.80. The zero-order valence-corrected chi connectivity index (χ0v) is 10.1. The van der Waals surface area contributed by atoms with Crippen LogP contribution in [-0.2, 0) is 9.53 Å². The van der Waals surface area contributed by atoms with E-state index in [0.717, 1.165) is 5.75 Å². The number of thiol groups is 1. The number of epoxide rings is 1. The van der Waals surface area contributed by atoms with Crippen LogP contribution in [-0.4, -0.2) is 23.5 Å². The summed E-state index contributed by atoms with van der Waals surface area (Å²) in [6, 6.07) is 0. The number of nitrogens with one attached hydrogen (secondary N) is 1.